The number of hydrogen-bond acceptors (Lipinski definition) is 3. The van der Waals surface area contributed by atoms with Gasteiger partial charge in [0, 0.05) is 5.02 Å². The summed E-state index contributed by atoms with van der Waals surface area (Å²) in [7, 11) is 0. The molecule has 1 N–H and O–H groups in total. The van der Waals surface area contributed by atoms with E-state index in [0.717, 1.165) is 5.56 Å². The third kappa shape index (κ3) is 6.07. The molecular weight excluding hydrogens is 359 g/mol. The van der Waals surface area contributed by atoms with Crippen LogP contribution in [0, 0.1) is 0 Å². The fourth-order valence-electron chi connectivity index (χ4n) is 2.02. The van der Waals surface area contributed by atoms with Gasteiger partial charge >= 0.3 is 0 Å². The molecule has 0 saturated heterocycles. The lowest BCUT2D eigenvalue weighted by molar-refractivity contribution is -0.123. The molecule has 0 aliphatic rings. The van der Waals surface area contributed by atoms with Crippen molar-refractivity contribution in [1.82, 2.24) is 5.43 Å². The van der Waals surface area contributed by atoms with Crippen molar-refractivity contribution < 1.29 is 9.53 Å². The van der Waals surface area contributed by atoms with Gasteiger partial charge in [-0.15, -0.1) is 0 Å². The van der Waals surface area contributed by atoms with E-state index < -0.39 is 0 Å². The minimum Gasteiger partial charge on any atom is -0.482 e. The van der Waals surface area contributed by atoms with Crippen LogP contribution in [0.5, 0.6) is 5.75 Å². The van der Waals surface area contributed by atoms with Crippen LogP contribution in [0.1, 0.15) is 31.9 Å². The maximum atomic E-state index is 11.8. The molecule has 25 heavy (non-hydrogen) atoms. The van der Waals surface area contributed by atoms with Gasteiger partial charge in [-0.25, -0.2) is 5.43 Å². The van der Waals surface area contributed by atoms with Crippen LogP contribution >= 0.6 is 23.2 Å². The molecule has 2 aromatic rings. The van der Waals surface area contributed by atoms with Gasteiger partial charge in [0.05, 0.1) is 11.2 Å². The minimum atomic E-state index is -0.381. The topological polar surface area (TPSA) is 50.7 Å². The molecule has 132 valence electrons. The summed E-state index contributed by atoms with van der Waals surface area (Å²) in [5.74, 6) is 0.0107. The van der Waals surface area contributed by atoms with Gasteiger partial charge in [0.25, 0.3) is 5.91 Å². The molecule has 0 aromatic heterocycles. The maximum absolute atomic E-state index is 11.8. The number of rotatable bonds is 5. The normalized spacial score (nSPS) is 11.6. The average molecular weight is 379 g/mol. The maximum Gasteiger partial charge on any atom is 0.277 e. The minimum absolute atomic E-state index is 0.101. The lowest BCUT2D eigenvalue weighted by atomic mass is 9.87. The van der Waals surface area contributed by atoms with Gasteiger partial charge in [-0.05, 0) is 34.7 Å². The Morgan fingerprint density at radius 3 is 2.44 bits per heavy atom. The van der Waals surface area contributed by atoms with E-state index in [0.29, 0.717) is 15.8 Å². The van der Waals surface area contributed by atoms with Crippen molar-refractivity contribution in [3.8, 4) is 5.75 Å². The number of hydrazone groups is 1. The van der Waals surface area contributed by atoms with Crippen molar-refractivity contribution in [2.24, 2.45) is 5.10 Å². The molecule has 0 atom stereocenters. The summed E-state index contributed by atoms with van der Waals surface area (Å²) >= 11 is 11.8. The average Bonchev–Trinajstić information content (AvgIpc) is 2.53. The third-order valence-electron chi connectivity index (χ3n) is 3.43. The fourth-order valence-corrected chi connectivity index (χ4v) is 2.48. The monoisotopic (exact) mass is 378 g/mol. The summed E-state index contributed by atoms with van der Waals surface area (Å²) in [5, 5.41) is 4.78. The first-order chi connectivity index (χ1) is 11.8. The lowest BCUT2D eigenvalue weighted by Crippen LogP contribution is -2.24. The SMILES string of the molecule is CC(C)(C)c1ccc(/C=N\NC(=O)COc2ccc(Cl)cc2Cl)cc1. The highest BCUT2D eigenvalue weighted by Gasteiger charge is 2.12. The first kappa shape index (κ1) is 19.3. The van der Waals surface area contributed by atoms with E-state index >= 15 is 0 Å². The van der Waals surface area contributed by atoms with Crippen LogP contribution in [0.25, 0.3) is 0 Å². The Balaban J connectivity index is 1.84. The lowest BCUT2D eigenvalue weighted by Gasteiger charge is -2.18. The van der Waals surface area contributed by atoms with Crippen LogP contribution in [-0.4, -0.2) is 18.7 Å². The Labute approximate surface area is 157 Å². The van der Waals surface area contributed by atoms with Gasteiger partial charge in [-0.1, -0.05) is 68.2 Å². The molecule has 2 aromatic carbocycles. The van der Waals surface area contributed by atoms with E-state index in [1.165, 1.54) is 5.56 Å². The summed E-state index contributed by atoms with van der Waals surface area (Å²) in [6, 6.07) is 12.8. The van der Waals surface area contributed by atoms with Gasteiger partial charge in [0.15, 0.2) is 6.61 Å². The summed E-state index contributed by atoms with van der Waals surface area (Å²) in [6.45, 7) is 6.28. The number of benzene rings is 2. The van der Waals surface area contributed by atoms with Crippen LogP contribution in [0.3, 0.4) is 0 Å². The van der Waals surface area contributed by atoms with Gasteiger partial charge in [-0.2, -0.15) is 5.10 Å². The van der Waals surface area contributed by atoms with Gasteiger partial charge in [0.1, 0.15) is 5.75 Å². The van der Waals surface area contributed by atoms with Crippen LogP contribution in [0.15, 0.2) is 47.6 Å². The summed E-state index contributed by atoms with van der Waals surface area (Å²) in [6.07, 6.45) is 1.58. The number of hydrogen-bond donors (Lipinski definition) is 1. The van der Waals surface area contributed by atoms with E-state index in [4.69, 9.17) is 27.9 Å². The van der Waals surface area contributed by atoms with Crippen molar-refractivity contribution in [1.29, 1.82) is 0 Å². The molecule has 0 aliphatic heterocycles. The molecule has 2 rings (SSSR count). The predicted molar refractivity (Wildman–Crippen MR) is 103 cm³/mol. The van der Waals surface area contributed by atoms with Crippen molar-refractivity contribution >= 4 is 35.3 Å². The van der Waals surface area contributed by atoms with Crippen LogP contribution in [-0.2, 0) is 10.2 Å². The molecule has 0 unspecified atom stereocenters. The zero-order valence-electron chi connectivity index (χ0n) is 14.3. The zero-order valence-corrected chi connectivity index (χ0v) is 15.9. The Morgan fingerprint density at radius 2 is 1.84 bits per heavy atom. The number of carbonyl (C=O) groups excluding carboxylic acids is 1. The summed E-state index contributed by atoms with van der Waals surface area (Å²) in [4.78, 5) is 11.8. The van der Waals surface area contributed by atoms with E-state index in [-0.39, 0.29) is 17.9 Å². The number of halogens is 2. The highest BCUT2D eigenvalue weighted by atomic mass is 35.5. The highest BCUT2D eigenvalue weighted by molar-refractivity contribution is 6.35. The van der Waals surface area contributed by atoms with E-state index in [2.05, 4.69) is 43.4 Å². The van der Waals surface area contributed by atoms with Crippen LogP contribution in [0.2, 0.25) is 10.0 Å². The molecule has 0 spiro atoms. The number of nitrogens with one attached hydrogen (secondary N) is 1. The molecule has 0 saturated carbocycles. The Hall–Kier alpha value is -2.04. The van der Waals surface area contributed by atoms with E-state index in [1.807, 2.05) is 12.1 Å². The van der Waals surface area contributed by atoms with Crippen LogP contribution in [0.4, 0.5) is 0 Å². The standard InChI is InChI=1S/C19H20Cl2N2O2/c1-19(2,3)14-6-4-13(5-7-14)11-22-23-18(24)12-25-17-9-8-15(20)10-16(17)21/h4-11H,12H2,1-3H3,(H,23,24)/b22-11-. The zero-order chi connectivity index (χ0) is 18.4. The molecule has 1 amide bonds. The molecule has 0 heterocycles. The second-order valence-corrected chi connectivity index (χ2v) is 7.37. The summed E-state index contributed by atoms with van der Waals surface area (Å²) < 4.78 is 5.33. The number of carbonyl (C=O) groups is 1. The Morgan fingerprint density at radius 1 is 1.16 bits per heavy atom. The smallest absolute Gasteiger partial charge is 0.277 e. The number of ether oxygens (including phenoxy) is 1. The quantitative estimate of drug-likeness (QED) is 0.598. The van der Waals surface area contributed by atoms with Crippen molar-refractivity contribution in [2.75, 3.05) is 6.61 Å². The molecule has 0 radical (unpaired) electrons. The molecule has 0 bridgehead atoms. The van der Waals surface area contributed by atoms with Crippen molar-refractivity contribution in [3.05, 3.63) is 63.6 Å². The fraction of sp³-hybridized carbons (Fsp3) is 0.263. The molecule has 0 aliphatic carbocycles. The predicted octanol–water partition coefficient (Wildman–Crippen LogP) is 4.82. The second kappa shape index (κ2) is 8.37. The third-order valence-corrected chi connectivity index (χ3v) is 3.96. The van der Waals surface area contributed by atoms with E-state index in [9.17, 15) is 4.79 Å². The summed E-state index contributed by atoms with van der Waals surface area (Å²) in [5.41, 5.74) is 4.65. The van der Waals surface area contributed by atoms with Crippen molar-refractivity contribution in [3.63, 3.8) is 0 Å². The number of nitrogens with zero attached hydrogens (tertiary/aromatic N) is 1. The Bertz CT molecular complexity index is 766. The second-order valence-electron chi connectivity index (χ2n) is 6.53. The first-order valence-corrected chi connectivity index (χ1v) is 8.51. The van der Waals surface area contributed by atoms with Gasteiger partial charge in [0.2, 0.25) is 0 Å². The van der Waals surface area contributed by atoms with Crippen LogP contribution < -0.4 is 10.2 Å². The largest absolute Gasteiger partial charge is 0.482 e. The van der Waals surface area contributed by atoms with Crippen molar-refractivity contribution in [2.45, 2.75) is 26.2 Å². The first-order valence-electron chi connectivity index (χ1n) is 7.76. The number of amides is 1. The highest BCUT2D eigenvalue weighted by Crippen LogP contribution is 2.27. The Kier molecular flexibility index (Phi) is 6.45. The van der Waals surface area contributed by atoms with Gasteiger partial charge in [-0.3, -0.25) is 4.79 Å². The molecule has 0 fully saturated rings. The molecule has 6 heteroatoms. The molecule has 4 nitrogen and oxygen atoms in total. The van der Waals surface area contributed by atoms with E-state index in [1.54, 1.807) is 24.4 Å². The molecular formula is C19H20Cl2N2O2. The van der Waals surface area contributed by atoms with Gasteiger partial charge < -0.3 is 4.74 Å².